The second-order valence-electron chi connectivity index (χ2n) is 11.0. The summed E-state index contributed by atoms with van der Waals surface area (Å²) in [5.74, 6) is 0.965. The highest BCUT2D eigenvalue weighted by Crippen LogP contribution is 2.21. The first-order valence-corrected chi connectivity index (χ1v) is 15.3. The van der Waals surface area contributed by atoms with Crippen molar-refractivity contribution in [3.05, 3.63) is 101 Å². The molecule has 1 aliphatic heterocycles. The number of hydrogen-bond donors (Lipinski definition) is 3. The molecule has 11 heteroatoms. The van der Waals surface area contributed by atoms with Gasteiger partial charge < -0.3 is 19.9 Å². The van der Waals surface area contributed by atoms with E-state index in [2.05, 4.69) is 45.2 Å². The molecule has 0 saturated carbocycles. The number of hydrogen-bond acceptors (Lipinski definition) is 6. The van der Waals surface area contributed by atoms with Crippen LogP contribution in [0, 0.1) is 5.41 Å². The summed E-state index contributed by atoms with van der Waals surface area (Å²) in [6.45, 7) is 8.70. The molecule has 242 valence electrons. The van der Waals surface area contributed by atoms with Crippen LogP contribution in [-0.2, 0) is 30.5 Å². The Morgan fingerprint density at radius 1 is 0.889 bits per heavy atom. The molecule has 0 unspecified atom stereocenters. The number of ether oxygens (including phenoxy) is 1. The number of nitrogens with one attached hydrogen (secondary N) is 2. The molecule has 0 bridgehead atoms. The molecule has 0 aliphatic carbocycles. The van der Waals surface area contributed by atoms with Crippen LogP contribution in [0.1, 0.15) is 46.2 Å². The van der Waals surface area contributed by atoms with Gasteiger partial charge in [0.1, 0.15) is 11.7 Å². The number of nitrogens with two attached hydrogens (primary N) is 1. The highest BCUT2D eigenvalue weighted by atomic mass is 35.5. The standard InChI is InChI=1S/C34H43N7O2.2ClH/c1-2-43-24-6-18-41-31-15-14-29(25-30(31)37-32(41)16-11-27-9-12-28(13-10-27)33(35)36)34(42)38-40-22-20-39(21-23-40)19-17-26-7-4-3-5-8-26;;/h3-5,7-10,12-15,25H,2,6,11,16-24H2,1H3,(H3,35,36)(H,38,42);2*1H. The van der Waals surface area contributed by atoms with Gasteiger partial charge in [0, 0.05) is 70.0 Å². The molecule has 0 spiro atoms. The molecule has 1 aromatic heterocycles. The van der Waals surface area contributed by atoms with Crippen molar-refractivity contribution in [2.75, 3.05) is 45.9 Å². The lowest BCUT2D eigenvalue weighted by atomic mass is 10.1. The summed E-state index contributed by atoms with van der Waals surface area (Å²) in [6.07, 6.45) is 3.51. The van der Waals surface area contributed by atoms with E-state index in [1.54, 1.807) is 0 Å². The monoisotopic (exact) mass is 653 g/mol. The van der Waals surface area contributed by atoms with Crippen LogP contribution in [0.3, 0.4) is 0 Å². The van der Waals surface area contributed by atoms with Crippen molar-refractivity contribution >= 4 is 47.6 Å². The van der Waals surface area contributed by atoms with Crippen LogP contribution in [-0.4, -0.2) is 77.1 Å². The summed E-state index contributed by atoms with van der Waals surface area (Å²) in [5.41, 5.74) is 14.4. The van der Waals surface area contributed by atoms with Gasteiger partial charge in [-0.05, 0) is 55.5 Å². The Bertz CT molecular complexity index is 1500. The van der Waals surface area contributed by atoms with Gasteiger partial charge >= 0.3 is 0 Å². The number of imidazole rings is 1. The highest BCUT2D eigenvalue weighted by Gasteiger charge is 2.20. The van der Waals surface area contributed by atoms with Gasteiger partial charge in [0.15, 0.2) is 0 Å². The minimum atomic E-state index is -0.0994. The molecule has 4 aromatic rings. The van der Waals surface area contributed by atoms with Crippen LogP contribution in [0.25, 0.3) is 11.0 Å². The van der Waals surface area contributed by atoms with Crippen molar-refractivity contribution in [2.45, 2.75) is 39.2 Å². The van der Waals surface area contributed by atoms with E-state index in [0.717, 1.165) is 92.9 Å². The van der Waals surface area contributed by atoms with Gasteiger partial charge in [0.05, 0.1) is 11.0 Å². The quantitative estimate of drug-likeness (QED) is 0.102. The van der Waals surface area contributed by atoms with E-state index < -0.39 is 0 Å². The van der Waals surface area contributed by atoms with E-state index in [0.29, 0.717) is 18.8 Å². The van der Waals surface area contributed by atoms with Crippen molar-refractivity contribution in [3.8, 4) is 0 Å². The van der Waals surface area contributed by atoms with Crippen LogP contribution in [0.2, 0.25) is 0 Å². The fraction of sp³-hybridized carbons (Fsp3) is 0.382. The van der Waals surface area contributed by atoms with E-state index in [4.69, 9.17) is 20.9 Å². The molecular weight excluding hydrogens is 609 g/mol. The van der Waals surface area contributed by atoms with Gasteiger partial charge in [-0.3, -0.25) is 15.6 Å². The molecule has 1 fully saturated rings. The minimum absolute atomic E-state index is 0. The van der Waals surface area contributed by atoms with E-state index in [1.807, 2.05) is 54.4 Å². The first-order valence-electron chi connectivity index (χ1n) is 15.3. The fourth-order valence-corrected chi connectivity index (χ4v) is 5.56. The molecule has 0 radical (unpaired) electrons. The molecule has 0 atom stereocenters. The summed E-state index contributed by atoms with van der Waals surface area (Å²) in [5, 5.41) is 9.65. The number of piperazine rings is 1. The lowest BCUT2D eigenvalue weighted by molar-refractivity contribution is 0.0622. The number of amides is 1. The Balaban J connectivity index is 0.00000276. The molecule has 2 heterocycles. The van der Waals surface area contributed by atoms with Gasteiger partial charge in [-0.25, -0.2) is 9.99 Å². The van der Waals surface area contributed by atoms with Crippen molar-refractivity contribution in [2.24, 2.45) is 5.73 Å². The van der Waals surface area contributed by atoms with Gasteiger partial charge in [-0.2, -0.15) is 0 Å². The summed E-state index contributed by atoms with van der Waals surface area (Å²) >= 11 is 0. The Kier molecular flexibility index (Phi) is 14.3. The number of aromatic nitrogens is 2. The van der Waals surface area contributed by atoms with E-state index in [1.165, 1.54) is 5.56 Å². The Hall–Kier alpha value is -3.47. The number of fused-ring (bicyclic) bond motifs is 1. The zero-order valence-electron chi connectivity index (χ0n) is 25.9. The zero-order valence-corrected chi connectivity index (χ0v) is 27.5. The number of carbonyl (C=O) groups is 1. The summed E-state index contributed by atoms with van der Waals surface area (Å²) in [6, 6.07) is 24.2. The topological polar surface area (TPSA) is 112 Å². The fourth-order valence-electron chi connectivity index (χ4n) is 5.56. The second kappa shape index (κ2) is 17.9. The predicted octanol–water partition coefficient (Wildman–Crippen LogP) is 4.88. The third-order valence-electron chi connectivity index (χ3n) is 8.06. The van der Waals surface area contributed by atoms with E-state index >= 15 is 0 Å². The molecule has 45 heavy (non-hydrogen) atoms. The maximum Gasteiger partial charge on any atom is 0.265 e. The Morgan fingerprint density at radius 2 is 1.58 bits per heavy atom. The number of amidine groups is 1. The highest BCUT2D eigenvalue weighted by molar-refractivity contribution is 5.97. The first kappa shape index (κ1) is 36.0. The van der Waals surface area contributed by atoms with Crippen molar-refractivity contribution < 1.29 is 9.53 Å². The van der Waals surface area contributed by atoms with E-state index in [9.17, 15) is 4.79 Å². The number of aryl methyl sites for hydroxylation is 3. The number of nitrogen functional groups attached to an aromatic ring is 1. The largest absolute Gasteiger partial charge is 0.384 e. The smallest absolute Gasteiger partial charge is 0.265 e. The molecule has 4 N–H and O–H groups in total. The second-order valence-corrected chi connectivity index (χ2v) is 11.0. The normalized spacial score (nSPS) is 13.6. The first-order chi connectivity index (χ1) is 21.0. The van der Waals surface area contributed by atoms with Crippen molar-refractivity contribution in [1.29, 1.82) is 5.41 Å². The molecule has 1 saturated heterocycles. The molecule has 1 aliphatic rings. The summed E-state index contributed by atoms with van der Waals surface area (Å²) in [7, 11) is 0. The Morgan fingerprint density at radius 3 is 2.27 bits per heavy atom. The average Bonchev–Trinajstić information content (AvgIpc) is 3.39. The maximum atomic E-state index is 13.2. The number of nitrogens with zero attached hydrogens (tertiary/aromatic N) is 4. The SMILES string of the molecule is CCOCCCn1c(CCc2ccc(C(=N)N)cc2)nc2cc(C(=O)NN3CCN(CCc4ccccc4)CC3)ccc21.Cl.Cl. The van der Waals surface area contributed by atoms with Crippen LogP contribution in [0.4, 0.5) is 0 Å². The third kappa shape index (κ3) is 10.0. The third-order valence-corrected chi connectivity index (χ3v) is 8.06. The number of rotatable bonds is 14. The van der Waals surface area contributed by atoms with Crippen LogP contribution >= 0.6 is 24.8 Å². The zero-order chi connectivity index (χ0) is 30.0. The minimum Gasteiger partial charge on any atom is -0.384 e. The average molecular weight is 655 g/mol. The Labute approximate surface area is 278 Å². The predicted molar refractivity (Wildman–Crippen MR) is 186 cm³/mol. The molecular formula is C34H45Cl2N7O2. The van der Waals surface area contributed by atoms with Crippen LogP contribution < -0.4 is 11.2 Å². The maximum absolute atomic E-state index is 13.2. The van der Waals surface area contributed by atoms with Gasteiger partial charge in [-0.15, -0.1) is 24.8 Å². The van der Waals surface area contributed by atoms with E-state index in [-0.39, 0.29) is 36.6 Å². The number of benzene rings is 3. The van der Waals surface area contributed by atoms with Gasteiger partial charge in [0.2, 0.25) is 0 Å². The lowest BCUT2D eigenvalue weighted by Gasteiger charge is -2.34. The van der Waals surface area contributed by atoms with Crippen molar-refractivity contribution in [1.82, 2.24) is 24.9 Å². The molecule has 9 nitrogen and oxygen atoms in total. The lowest BCUT2D eigenvalue weighted by Crippen LogP contribution is -2.53. The van der Waals surface area contributed by atoms with Crippen molar-refractivity contribution in [3.63, 3.8) is 0 Å². The van der Waals surface area contributed by atoms with Crippen LogP contribution in [0.15, 0.2) is 72.8 Å². The number of hydrazine groups is 1. The molecule has 5 rings (SSSR count). The molecule has 1 amide bonds. The molecule has 3 aromatic carbocycles. The van der Waals surface area contributed by atoms with Gasteiger partial charge in [0.25, 0.3) is 5.91 Å². The summed E-state index contributed by atoms with van der Waals surface area (Å²) in [4.78, 5) is 20.7. The van der Waals surface area contributed by atoms with Crippen LogP contribution in [0.5, 0.6) is 0 Å². The number of carbonyl (C=O) groups excluding carboxylic acids is 1. The number of halogens is 2. The summed E-state index contributed by atoms with van der Waals surface area (Å²) < 4.78 is 7.84. The van der Waals surface area contributed by atoms with Gasteiger partial charge in [-0.1, -0.05) is 54.6 Å².